The molecule has 2 aromatic carbocycles. The molecular weight excluding hydrogens is 370 g/mol. The largest absolute Gasteiger partial charge is 0.449 e. The third-order valence-corrected chi connectivity index (χ3v) is 4.45. The van der Waals surface area contributed by atoms with Crippen molar-refractivity contribution >= 4 is 34.2 Å². The van der Waals surface area contributed by atoms with E-state index < -0.39 is 23.6 Å². The van der Waals surface area contributed by atoms with E-state index in [1.807, 2.05) is 0 Å². The third kappa shape index (κ3) is 3.46. The Labute approximate surface area is 158 Å². The van der Waals surface area contributed by atoms with Gasteiger partial charge in [-0.05, 0) is 37.1 Å². The van der Waals surface area contributed by atoms with E-state index in [9.17, 15) is 18.4 Å². The summed E-state index contributed by atoms with van der Waals surface area (Å²) in [6.45, 7) is 0.508. The zero-order chi connectivity index (χ0) is 19.7. The Kier molecular flexibility index (Phi) is 4.79. The lowest BCUT2D eigenvalue weighted by atomic mass is 10.2. The lowest BCUT2D eigenvalue weighted by Gasteiger charge is -2.11. The van der Waals surface area contributed by atoms with Crippen LogP contribution in [0.25, 0.3) is 11.0 Å². The van der Waals surface area contributed by atoms with Gasteiger partial charge in [-0.25, -0.2) is 8.78 Å². The van der Waals surface area contributed by atoms with Crippen LogP contribution in [0.3, 0.4) is 0 Å². The van der Waals surface area contributed by atoms with E-state index in [1.165, 1.54) is 6.07 Å². The summed E-state index contributed by atoms with van der Waals surface area (Å²) >= 11 is 0. The van der Waals surface area contributed by atoms with Gasteiger partial charge in [0, 0.05) is 23.7 Å². The fraction of sp³-hybridized carbons (Fsp3) is 0.200. The molecular formula is C20H16F2N2O4. The predicted octanol–water partition coefficient (Wildman–Crippen LogP) is 4.08. The number of halogens is 2. The summed E-state index contributed by atoms with van der Waals surface area (Å²) in [5, 5.41) is 5.70. The monoisotopic (exact) mass is 386 g/mol. The van der Waals surface area contributed by atoms with Gasteiger partial charge in [-0.2, -0.15) is 0 Å². The number of amides is 2. The third-order valence-electron chi connectivity index (χ3n) is 4.45. The molecule has 1 aliphatic rings. The molecule has 1 fully saturated rings. The highest BCUT2D eigenvalue weighted by Crippen LogP contribution is 2.32. The van der Waals surface area contributed by atoms with Crippen molar-refractivity contribution in [2.45, 2.75) is 18.9 Å². The summed E-state index contributed by atoms with van der Waals surface area (Å²) in [5.41, 5.74) is 0.664. The number of anilines is 2. The molecule has 0 radical (unpaired) electrons. The van der Waals surface area contributed by atoms with Gasteiger partial charge in [0.05, 0.1) is 0 Å². The summed E-state index contributed by atoms with van der Waals surface area (Å²) in [6.07, 6.45) is 0.793. The molecule has 0 spiro atoms. The number of furan rings is 1. The molecule has 6 nitrogen and oxygen atoms in total. The van der Waals surface area contributed by atoms with Crippen molar-refractivity contribution in [1.82, 2.24) is 0 Å². The SMILES string of the molecule is O=C(Nc1ccc(F)c(F)c1)c1oc2ccccc2c1NC(=O)[C@H]1CCCO1. The zero-order valence-electron chi connectivity index (χ0n) is 14.6. The van der Waals surface area contributed by atoms with Crippen LogP contribution in [0.2, 0.25) is 0 Å². The van der Waals surface area contributed by atoms with Crippen molar-refractivity contribution in [1.29, 1.82) is 0 Å². The van der Waals surface area contributed by atoms with Crippen molar-refractivity contribution in [2.24, 2.45) is 0 Å². The molecule has 2 N–H and O–H groups in total. The molecule has 0 unspecified atom stereocenters. The minimum atomic E-state index is -1.09. The first-order valence-electron chi connectivity index (χ1n) is 8.73. The van der Waals surface area contributed by atoms with Crippen molar-refractivity contribution in [3.8, 4) is 0 Å². The number of carbonyl (C=O) groups is 2. The van der Waals surface area contributed by atoms with Crippen LogP contribution < -0.4 is 10.6 Å². The summed E-state index contributed by atoms with van der Waals surface area (Å²) in [5.74, 6) is -3.33. The Morgan fingerprint density at radius 3 is 2.61 bits per heavy atom. The van der Waals surface area contributed by atoms with Crippen LogP contribution in [-0.4, -0.2) is 24.5 Å². The van der Waals surface area contributed by atoms with Crippen LogP contribution in [0.1, 0.15) is 23.4 Å². The average molecular weight is 386 g/mol. The highest BCUT2D eigenvalue weighted by molar-refractivity contribution is 6.15. The van der Waals surface area contributed by atoms with E-state index in [0.29, 0.717) is 24.0 Å². The first-order chi connectivity index (χ1) is 13.5. The molecule has 28 heavy (non-hydrogen) atoms. The van der Waals surface area contributed by atoms with E-state index in [2.05, 4.69) is 10.6 Å². The Morgan fingerprint density at radius 1 is 1.04 bits per heavy atom. The Hall–Kier alpha value is -3.26. The number of nitrogens with one attached hydrogen (secondary N) is 2. The van der Waals surface area contributed by atoms with Gasteiger partial charge in [-0.1, -0.05) is 12.1 Å². The quantitative estimate of drug-likeness (QED) is 0.708. The van der Waals surface area contributed by atoms with Crippen LogP contribution in [0.5, 0.6) is 0 Å². The topological polar surface area (TPSA) is 80.6 Å². The second kappa shape index (κ2) is 7.40. The molecule has 8 heteroatoms. The predicted molar refractivity (Wildman–Crippen MR) is 98.1 cm³/mol. The second-order valence-corrected chi connectivity index (χ2v) is 6.38. The fourth-order valence-electron chi connectivity index (χ4n) is 3.08. The van der Waals surface area contributed by atoms with Crippen molar-refractivity contribution < 1.29 is 27.5 Å². The number of fused-ring (bicyclic) bond motifs is 1. The number of benzene rings is 2. The number of para-hydroxylation sites is 1. The lowest BCUT2D eigenvalue weighted by Crippen LogP contribution is -2.27. The number of carbonyl (C=O) groups excluding carboxylic acids is 2. The molecule has 1 atom stereocenters. The molecule has 1 aromatic heterocycles. The van der Waals surface area contributed by atoms with Crippen LogP contribution in [-0.2, 0) is 9.53 Å². The summed E-state index contributed by atoms with van der Waals surface area (Å²) in [4.78, 5) is 25.2. The maximum absolute atomic E-state index is 13.4. The van der Waals surface area contributed by atoms with Crippen LogP contribution >= 0.6 is 0 Å². The highest BCUT2D eigenvalue weighted by Gasteiger charge is 2.28. The smallest absolute Gasteiger partial charge is 0.293 e. The van der Waals surface area contributed by atoms with Crippen LogP contribution in [0.15, 0.2) is 46.9 Å². The first kappa shape index (κ1) is 18.1. The van der Waals surface area contributed by atoms with E-state index in [4.69, 9.17) is 9.15 Å². The number of hydrogen-bond donors (Lipinski definition) is 2. The Morgan fingerprint density at radius 2 is 1.86 bits per heavy atom. The Bertz CT molecular complexity index is 1060. The fourth-order valence-corrected chi connectivity index (χ4v) is 3.08. The van der Waals surface area contributed by atoms with Gasteiger partial charge in [0.15, 0.2) is 11.6 Å². The van der Waals surface area contributed by atoms with E-state index in [0.717, 1.165) is 18.6 Å². The maximum Gasteiger partial charge on any atom is 0.293 e. The molecule has 1 aliphatic heterocycles. The van der Waals surface area contributed by atoms with Gasteiger partial charge >= 0.3 is 0 Å². The zero-order valence-corrected chi connectivity index (χ0v) is 14.6. The van der Waals surface area contributed by atoms with Gasteiger partial charge in [-0.3, -0.25) is 9.59 Å². The molecule has 4 rings (SSSR count). The van der Waals surface area contributed by atoms with Crippen LogP contribution in [0.4, 0.5) is 20.2 Å². The number of ether oxygens (including phenoxy) is 1. The van der Waals surface area contributed by atoms with E-state index in [1.54, 1.807) is 24.3 Å². The molecule has 0 bridgehead atoms. The molecule has 2 heterocycles. The van der Waals surface area contributed by atoms with Crippen molar-refractivity contribution in [3.05, 3.63) is 59.9 Å². The Balaban J connectivity index is 1.66. The average Bonchev–Trinajstić information content (AvgIpc) is 3.33. The number of hydrogen-bond acceptors (Lipinski definition) is 4. The van der Waals surface area contributed by atoms with Gasteiger partial charge in [-0.15, -0.1) is 0 Å². The van der Waals surface area contributed by atoms with E-state index in [-0.39, 0.29) is 23.0 Å². The van der Waals surface area contributed by atoms with Gasteiger partial charge in [0.25, 0.3) is 11.8 Å². The first-order valence-corrected chi connectivity index (χ1v) is 8.73. The normalized spacial score (nSPS) is 16.3. The lowest BCUT2D eigenvalue weighted by molar-refractivity contribution is -0.124. The standard InChI is InChI=1S/C20H16F2N2O4/c21-13-8-7-11(10-14(13)22)23-20(26)18-17(12-4-1-2-5-15(12)28-18)24-19(25)16-6-3-9-27-16/h1-2,4-5,7-8,10,16H,3,6,9H2,(H,23,26)(H,24,25)/t16-/m1/s1. The number of rotatable bonds is 4. The second-order valence-electron chi connectivity index (χ2n) is 6.38. The molecule has 0 aliphatic carbocycles. The summed E-state index contributed by atoms with van der Waals surface area (Å²) in [6, 6.07) is 9.84. The van der Waals surface area contributed by atoms with Gasteiger partial charge in [0.1, 0.15) is 17.4 Å². The summed E-state index contributed by atoms with van der Waals surface area (Å²) in [7, 11) is 0. The van der Waals surface area contributed by atoms with Crippen LogP contribution in [0, 0.1) is 11.6 Å². The molecule has 1 saturated heterocycles. The van der Waals surface area contributed by atoms with Crippen molar-refractivity contribution in [3.63, 3.8) is 0 Å². The highest BCUT2D eigenvalue weighted by atomic mass is 19.2. The molecule has 2 amide bonds. The minimum Gasteiger partial charge on any atom is -0.449 e. The van der Waals surface area contributed by atoms with Crippen molar-refractivity contribution in [2.75, 3.05) is 17.2 Å². The van der Waals surface area contributed by atoms with E-state index >= 15 is 0 Å². The molecule has 0 saturated carbocycles. The van der Waals surface area contributed by atoms with Gasteiger partial charge < -0.3 is 19.8 Å². The maximum atomic E-state index is 13.4. The minimum absolute atomic E-state index is 0.0563. The van der Waals surface area contributed by atoms with Gasteiger partial charge in [0.2, 0.25) is 5.76 Å². The molecule has 3 aromatic rings. The summed E-state index contributed by atoms with van der Waals surface area (Å²) < 4.78 is 37.5. The molecule has 144 valence electrons.